The molecule has 1 heterocycles. The molecule has 1 aliphatic rings. The summed E-state index contributed by atoms with van der Waals surface area (Å²) < 4.78 is 45.0. The van der Waals surface area contributed by atoms with Crippen LogP contribution in [0, 0.1) is 0 Å². The topological polar surface area (TPSA) is 38.5 Å². The van der Waals surface area contributed by atoms with Crippen LogP contribution < -0.4 is 5.73 Å². The normalized spacial score (nSPS) is 26.0. The van der Waals surface area contributed by atoms with E-state index in [1.807, 2.05) is 27.7 Å². The standard InChI is InChI=1S/C12H23F3N2O/c1-10(2)7-17(8-11(3,4)18-10)9(5-6-16)12(13,14)15/h9H,5-8,16H2,1-4H3. The summed E-state index contributed by atoms with van der Waals surface area (Å²) in [6.07, 6.45) is -4.32. The number of nitrogens with zero attached hydrogens (tertiary/aromatic N) is 1. The summed E-state index contributed by atoms with van der Waals surface area (Å²) in [5.74, 6) is 0. The van der Waals surface area contributed by atoms with Gasteiger partial charge in [0.15, 0.2) is 0 Å². The summed E-state index contributed by atoms with van der Waals surface area (Å²) in [6.45, 7) is 7.82. The van der Waals surface area contributed by atoms with E-state index >= 15 is 0 Å². The van der Waals surface area contributed by atoms with E-state index in [2.05, 4.69) is 0 Å². The number of morpholine rings is 1. The molecule has 0 aromatic carbocycles. The molecule has 0 aromatic heterocycles. The first kappa shape index (κ1) is 15.7. The molecule has 0 aromatic rings. The smallest absolute Gasteiger partial charge is 0.367 e. The van der Waals surface area contributed by atoms with Gasteiger partial charge in [-0.1, -0.05) is 0 Å². The van der Waals surface area contributed by atoms with Crippen molar-refractivity contribution in [1.82, 2.24) is 4.90 Å². The highest BCUT2D eigenvalue weighted by Gasteiger charge is 2.48. The largest absolute Gasteiger partial charge is 0.404 e. The van der Waals surface area contributed by atoms with Crippen molar-refractivity contribution in [2.24, 2.45) is 5.73 Å². The Hall–Kier alpha value is -0.330. The van der Waals surface area contributed by atoms with Gasteiger partial charge < -0.3 is 10.5 Å². The first-order valence-electron chi connectivity index (χ1n) is 6.18. The lowest BCUT2D eigenvalue weighted by Crippen LogP contribution is -2.62. The summed E-state index contributed by atoms with van der Waals surface area (Å²) in [6, 6.07) is -1.48. The molecule has 0 amide bonds. The highest BCUT2D eigenvalue weighted by atomic mass is 19.4. The van der Waals surface area contributed by atoms with E-state index in [1.165, 1.54) is 4.90 Å². The van der Waals surface area contributed by atoms with Crippen LogP contribution in [0.4, 0.5) is 13.2 Å². The van der Waals surface area contributed by atoms with Crippen molar-refractivity contribution < 1.29 is 17.9 Å². The number of hydrogen-bond donors (Lipinski definition) is 1. The number of alkyl halides is 3. The molecular formula is C12H23F3N2O. The van der Waals surface area contributed by atoms with Gasteiger partial charge in [-0.3, -0.25) is 4.90 Å². The maximum atomic E-state index is 13.1. The van der Waals surface area contributed by atoms with Crippen LogP contribution in [0.25, 0.3) is 0 Å². The molecule has 1 atom stereocenters. The van der Waals surface area contributed by atoms with Gasteiger partial charge in [-0.05, 0) is 40.7 Å². The van der Waals surface area contributed by atoms with Crippen LogP contribution >= 0.6 is 0 Å². The average molecular weight is 268 g/mol. The van der Waals surface area contributed by atoms with Crippen LogP contribution in [0.2, 0.25) is 0 Å². The van der Waals surface area contributed by atoms with Crippen LogP contribution in [-0.2, 0) is 4.74 Å². The second-order valence-electron chi connectivity index (χ2n) is 6.16. The molecule has 0 bridgehead atoms. The predicted octanol–water partition coefficient (Wildman–Crippen LogP) is 2.16. The van der Waals surface area contributed by atoms with Gasteiger partial charge in [-0.2, -0.15) is 13.2 Å². The fourth-order valence-electron chi connectivity index (χ4n) is 2.78. The van der Waals surface area contributed by atoms with Crippen LogP contribution in [0.3, 0.4) is 0 Å². The molecule has 0 aliphatic carbocycles. The molecular weight excluding hydrogens is 245 g/mol. The Bertz CT molecular complexity index is 274. The minimum atomic E-state index is -4.25. The third-order valence-corrected chi connectivity index (χ3v) is 2.98. The molecule has 1 saturated heterocycles. The van der Waals surface area contributed by atoms with Gasteiger partial charge in [0.1, 0.15) is 6.04 Å². The zero-order chi connectivity index (χ0) is 14.2. The summed E-state index contributed by atoms with van der Waals surface area (Å²) in [7, 11) is 0. The molecule has 1 fully saturated rings. The van der Waals surface area contributed by atoms with Crippen molar-refractivity contribution in [2.45, 2.75) is 57.5 Å². The summed E-state index contributed by atoms with van der Waals surface area (Å²) >= 11 is 0. The number of rotatable bonds is 3. The molecule has 3 nitrogen and oxygen atoms in total. The highest BCUT2D eigenvalue weighted by Crippen LogP contribution is 2.34. The molecule has 6 heteroatoms. The van der Waals surface area contributed by atoms with Crippen LogP contribution in [-0.4, -0.2) is 48.0 Å². The van der Waals surface area contributed by atoms with E-state index in [1.54, 1.807) is 0 Å². The van der Waals surface area contributed by atoms with E-state index in [9.17, 15) is 13.2 Å². The van der Waals surface area contributed by atoms with Gasteiger partial charge in [-0.25, -0.2) is 0 Å². The first-order valence-corrected chi connectivity index (χ1v) is 6.18. The number of nitrogens with two attached hydrogens (primary N) is 1. The fraction of sp³-hybridized carbons (Fsp3) is 1.00. The lowest BCUT2D eigenvalue weighted by atomic mass is 9.96. The van der Waals surface area contributed by atoms with Gasteiger partial charge in [-0.15, -0.1) is 0 Å². The van der Waals surface area contributed by atoms with Crippen molar-refractivity contribution in [3.63, 3.8) is 0 Å². The first-order chi connectivity index (χ1) is 7.97. The van der Waals surface area contributed by atoms with E-state index in [-0.39, 0.29) is 26.1 Å². The second-order valence-corrected chi connectivity index (χ2v) is 6.16. The highest BCUT2D eigenvalue weighted by molar-refractivity contribution is 4.93. The molecule has 0 radical (unpaired) electrons. The number of hydrogen-bond acceptors (Lipinski definition) is 3. The lowest BCUT2D eigenvalue weighted by Gasteiger charge is -2.49. The van der Waals surface area contributed by atoms with Crippen LogP contribution in [0.15, 0.2) is 0 Å². The Kier molecular flexibility index (Phi) is 4.35. The Morgan fingerprint density at radius 1 is 1.17 bits per heavy atom. The molecule has 1 aliphatic heterocycles. The van der Waals surface area contributed by atoms with Gasteiger partial charge in [0.25, 0.3) is 0 Å². The number of halogens is 3. The summed E-state index contributed by atoms with van der Waals surface area (Å²) in [5, 5.41) is 0. The predicted molar refractivity (Wildman–Crippen MR) is 64.3 cm³/mol. The van der Waals surface area contributed by atoms with E-state index in [0.717, 1.165) is 0 Å². The van der Waals surface area contributed by atoms with Crippen molar-refractivity contribution in [3.8, 4) is 0 Å². The minimum absolute atomic E-state index is 0.0301. The minimum Gasteiger partial charge on any atom is -0.367 e. The number of ether oxygens (including phenoxy) is 1. The Labute approximate surface area is 106 Å². The van der Waals surface area contributed by atoms with Crippen molar-refractivity contribution in [2.75, 3.05) is 19.6 Å². The summed E-state index contributed by atoms with van der Waals surface area (Å²) in [4.78, 5) is 1.45. The van der Waals surface area contributed by atoms with Crippen LogP contribution in [0.5, 0.6) is 0 Å². The fourth-order valence-corrected chi connectivity index (χ4v) is 2.78. The van der Waals surface area contributed by atoms with Crippen molar-refractivity contribution in [3.05, 3.63) is 0 Å². The quantitative estimate of drug-likeness (QED) is 0.852. The van der Waals surface area contributed by atoms with E-state index in [4.69, 9.17) is 10.5 Å². The lowest BCUT2D eigenvalue weighted by molar-refractivity contribution is -0.236. The third-order valence-electron chi connectivity index (χ3n) is 2.98. The van der Waals surface area contributed by atoms with Gasteiger partial charge >= 0.3 is 6.18 Å². The van der Waals surface area contributed by atoms with E-state index < -0.39 is 23.4 Å². The SMILES string of the molecule is CC1(C)CN(C(CCN)C(F)(F)F)CC(C)(C)O1. The molecule has 0 spiro atoms. The Morgan fingerprint density at radius 3 is 1.94 bits per heavy atom. The molecule has 1 unspecified atom stereocenters. The second kappa shape index (κ2) is 4.98. The summed E-state index contributed by atoms with van der Waals surface area (Å²) in [5.41, 5.74) is 4.14. The molecule has 1 rings (SSSR count). The molecule has 18 heavy (non-hydrogen) atoms. The maximum Gasteiger partial charge on any atom is 0.404 e. The third kappa shape index (κ3) is 4.10. The molecule has 2 N–H and O–H groups in total. The van der Waals surface area contributed by atoms with Crippen molar-refractivity contribution in [1.29, 1.82) is 0 Å². The monoisotopic (exact) mass is 268 g/mol. The van der Waals surface area contributed by atoms with Crippen LogP contribution in [0.1, 0.15) is 34.1 Å². The van der Waals surface area contributed by atoms with Gasteiger partial charge in [0.05, 0.1) is 11.2 Å². The Balaban J connectivity index is 2.91. The average Bonchev–Trinajstić information content (AvgIpc) is 2.06. The zero-order valence-corrected chi connectivity index (χ0v) is 11.5. The van der Waals surface area contributed by atoms with Crippen molar-refractivity contribution >= 4 is 0 Å². The van der Waals surface area contributed by atoms with Gasteiger partial charge in [0.2, 0.25) is 0 Å². The zero-order valence-electron chi connectivity index (χ0n) is 11.5. The Morgan fingerprint density at radius 2 is 1.61 bits per heavy atom. The van der Waals surface area contributed by atoms with E-state index in [0.29, 0.717) is 0 Å². The molecule has 0 saturated carbocycles. The maximum absolute atomic E-state index is 13.1. The molecule has 108 valence electrons. The van der Waals surface area contributed by atoms with Gasteiger partial charge in [0, 0.05) is 13.1 Å².